The van der Waals surface area contributed by atoms with Crippen molar-refractivity contribution in [2.24, 2.45) is 7.05 Å². The van der Waals surface area contributed by atoms with Crippen LogP contribution in [0.1, 0.15) is 37.1 Å². The second-order valence-corrected chi connectivity index (χ2v) is 7.57. The van der Waals surface area contributed by atoms with Crippen LogP contribution in [0.25, 0.3) is 11.4 Å². The average Bonchev–Trinajstić information content (AvgIpc) is 3.20. The van der Waals surface area contributed by atoms with E-state index in [0.29, 0.717) is 23.6 Å². The molecule has 1 amide bonds. The lowest BCUT2D eigenvalue weighted by Gasteiger charge is -2.11. The van der Waals surface area contributed by atoms with Gasteiger partial charge in [-0.2, -0.15) is 5.10 Å². The van der Waals surface area contributed by atoms with Gasteiger partial charge < -0.3 is 9.88 Å². The van der Waals surface area contributed by atoms with Gasteiger partial charge in [0.25, 0.3) is 0 Å². The number of aromatic nitrogens is 5. The quantitative estimate of drug-likeness (QED) is 0.711. The number of halogens is 1. The van der Waals surface area contributed by atoms with Crippen molar-refractivity contribution in [3.05, 3.63) is 47.0 Å². The van der Waals surface area contributed by atoms with Crippen molar-refractivity contribution in [1.29, 1.82) is 0 Å². The number of carbonyl (C=O) groups excluding carboxylic acids is 1. The summed E-state index contributed by atoms with van der Waals surface area (Å²) in [5.74, 6) is 1.74. The Labute approximate surface area is 168 Å². The lowest BCUT2D eigenvalue weighted by atomic mass is 10.1. The van der Waals surface area contributed by atoms with Gasteiger partial charge in [0.1, 0.15) is 5.82 Å². The summed E-state index contributed by atoms with van der Waals surface area (Å²) in [5.41, 5.74) is 2.55. The third-order valence-electron chi connectivity index (χ3n) is 5.00. The molecule has 146 valence electrons. The van der Waals surface area contributed by atoms with Gasteiger partial charge in [0.15, 0.2) is 5.82 Å². The number of anilines is 1. The Morgan fingerprint density at radius 1 is 1.25 bits per heavy atom. The molecule has 7 nitrogen and oxygen atoms in total. The number of hydrogen-bond donors (Lipinski definition) is 1. The van der Waals surface area contributed by atoms with Crippen LogP contribution in [0.3, 0.4) is 0 Å². The Hall–Kier alpha value is -2.67. The maximum atomic E-state index is 12.3. The van der Waals surface area contributed by atoms with E-state index >= 15 is 0 Å². The molecule has 0 unspecified atom stereocenters. The molecule has 3 heterocycles. The molecule has 3 aromatic rings. The van der Waals surface area contributed by atoms with Crippen LogP contribution < -0.4 is 5.32 Å². The summed E-state index contributed by atoms with van der Waals surface area (Å²) in [6.45, 7) is 0.899. The van der Waals surface area contributed by atoms with Crippen LogP contribution in [0.5, 0.6) is 0 Å². The van der Waals surface area contributed by atoms with Gasteiger partial charge in [0.05, 0.1) is 11.2 Å². The number of fused-ring (bicyclic) bond motifs is 1. The van der Waals surface area contributed by atoms with Crippen molar-refractivity contribution in [1.82, 2.24) is 24.5 Å². The van der Waals surface area contributed by atoms with Crippen LogP contribution in [0, 0.1) is 0 Å². The summed E-state index contributed by atoms with van der Waals surface area (Å²) in [6, 6.07) is 5.49. The number of carbonyl (C=O) groups is 1. The van der Waals surface area contributed by atoms with Crippen LogP contribution in [-0.4, -0.2) is 30.5 Å². The molecule has 2 aromatic heterocycles. The monoisotopic (exact) mass is 398 g/mol. The fourth-order valence-corrected chi connectivity index (χ4v) is 3.74. The van der Waals surface area contributed by atoms with Crippen LogP contribution >= 0.6 is 11.6 Å². The van der Waals surface area contributed by atoms with Gasteiger partial charge in [-0.15, -0.1) is 10.2 Å². The van der Waals surface area contributed by atoms with Crippen molar-refractivity contribution in [3.63, 3.8) is 0 Å². The summed E-state index contributed by atoms with van der Waals surface area (Å²) >= 11 is 6.45. The van der Waals surface area contributed by atoms with Crippen molar-refractivity contribution < 1.29 is 4.79 Å². The number of rotatable bonds is 5. The SMILES string of the molecule is Cn1cc(CCC(=O)Nc2ccc(Cl)c(-c3nnc4n3CCCCC4)c2)cn1. The smallest absolute Gasteiger partial charge is 0.224 e. The molecule has 0 bridgehead atoms. The van der Waals surface area contributed by atoms with Gasteiger partial charge in [-0.25, -0.2) is 0 Å². The Bertz CT molecular complexity index is 992. The van der Waals surface area contributed by atoms with Crippen LogP contribution in [0.4, 0.5) is 5.69 Å². The first-order valence-electron chi connectivity index (χ1n) is 9.59. The third kappa shape index (κ3) is 4.09. The van der Waals surface area contributed by atoms with Crippen LogP contribution in [0.15, 0.2) is 30.6 Å². The van der Waals surface area contributed by atoms with Crippen LogP contribution in [0.2, 0.25) is 5.02 Å². The van der Waals surface area contributed by atoms with Gasteiger partial charge in [-0.05, 0) is 43.0 Å². The fourth-order valence-electron chi connectivity index (χ4n) is 3.54. The summed E-state index contributed by atoms with van der Waals surface area (Å²) in [7, 11) is 1.87. The Morgan fingerprint density at radius 3 is 2.96 bits per heavy atom. The van der Waals surface area contributed by atoms with E-state index in [9.17, 15) is 4.79 Å². The first-order chi connectivity index (χ1) is 13.6. The second kappa shape index (κ2) is 8.14. The summed E-state index contributed by atoms with van der Waals surface area (Å²) < 4.78 is 3.89. The molecule has 0 atom stereocenters. The highest BCUT2D eigenvalue weighted by molar-refractivity contribution is 6.33. The highest BCUT2D eigenvalue weighted by atomic mass is 35.5. The van der Waals surface area contributed by atoms with E-state index in [1.165, 1.54) is 6.42 Å². The van der Waals surface area contributed by atoms with Crippen molar-refractivity contribution in [2.75, 3.05) is 5.32 Å². The first-order valence-corrected chi connectivity index (χ1v) is 9.97. The van der Waals surface area contributed by atoms with Gasteiger partial charge in [0, 0.05) is 43.9 Å². The zero-order valence-electron chi connectivity index (χ0n) is 15.9. The van der Waals surface area contributed by atoms with Gasteiger partial charge in [-0.1, -0.05) is 18.0 Å². The van der Waals surface area contributed by atoms with E-state index in [1.807, 2.05) is 25.4 Å². The molecule has 0 aliphatic carbocycles. The zero-order valence-corrected chi connectivity index (χ0v) is 16.6. The summed E-state index contributed by atoms with van der Waals surface area (Å²) in [5, 5.41) is 16.4. The second-order valence-electron chi connectivity index (χ2n) is 7.17. The molecule has 0 radical (unpaired) electrons. The largest absolute Gasteiger partial charge is 0.326 e. The minimum atomic E-state index is -0.0443. The number of aryl methyl sites for hydroxylation is 3. The molecule has 1 aliphatic rings. The van der Waals surface area contributed by atoms with Crippen LogP contribution in [-0.2, 0) is 31.2 Å². The lowest BCUT2D eigenvalue weighted by Crippen LogP contribution is -2.12. The molecule has 8 heteroatoms. The van der Waals surface area contributed by atoms with E-state index in [2.05, 4.69) is 25.2 Å². The molecular formula is C20H23ClN6O. The molecule has 4 rings (SSSR count). The van der Waals surface area contributed by atoms with E-state index in [1.54, 1.807) is 16.9 Å². The van der Waals surface area contributed by atoms with Crippen molar-refractivity contribution in [2.45, 2.75) is 45.1 Å². The standard InChI is InChI=1S/C20H23ClN6O/c1-26-13-14(12-22-26)6-9-19(28)23-15-7-8-17(21)16(11-15)20-25-24-18-5-3-2-4-10-27(18)20/h7-8,11-13H,2-6,9-10H2,1H3,(H,23,28). The van der Waals surface area contributed by atoms with Gasteiger partial charge in [-0.3, -0.25) is 9.48 Å². The van der Waals surface area contributed by atoms with Gasteiger partial charge >= 0.3 is 0 Å². The third-order valence-corrected chi connectivity index (χ3v) is 5.33. The normalized spacial score (nSPS) is 13.8. The van der Waals surface area contributed by atoms with Crippen molar-refractivity contribution >= 4 is 23.2 Å². The minimum absolute atomic E-state index is 0.0443. The predicted octanol–water partition coefficient (Wildman–Crippen LogP) is 3.63. The predicted molar refractivity (Wildman–Crippen MR) is 108 cm³/mol. The number of hydrogen-bond acceptors (Lipinski definition) is 4. The average molecular weight is 399 g/mol. The Balaban J connectivity index is 1.49. The maximum absolute atomic E-state index is 12.3. The van der Waals surface area contributed by atoms with Gasteiger partial charge in [0.2, 0.25) is 5.91 Å². The number of nitrogens with zero attached hydrogens (tertiary/aromatic N) is 5. The van der Waals surface area contributed by atoms with E-state index in [-0.39, 0.29) is 5.91 Å². The number of benzene rings is 1. The van der Waals surface area contributed by atoms with E-state index in [4.69, 9.17) is 11.6 Å². The molecule has 1 aliphatic heterocycles. The highest BCUT2D eigenvalue weighted by Crippen LogP contribution is 2.31. The molecular weight excluding hydrogens is 376 g/mol. The maximum Gasteiger partial charge on any atom is 0.224 e. The Morgan fingerprint density at radius 2 is 2.14 bits per heavy atom. The fraction of sp³-hybridized carbons (Fsp3) is 0.400. The number of nitrogens with one attached hydrogen (secondary N) is 1. The minimum Gasteiger partial charge on any atom is -0.326 e. The lowest BCUT2D eigenvalue weighted by molar-refractivity contribution is -0.116. The topological polar surface area (TPSA) is 77.6 Å². The molecule has 1 N–H and O–H groups in total. The van der Waals surface area contributed by atoms with E-state index in [0.717, 1.165) is 48.6 Å². The van der Waals surface area contributed by atoms with E-state index < -0.39 is 0 Å². The Kier molecular flexibility index (Phi) is 5.43. The summed E-state index contributed by atoms with van der Waals surface area (Å²) in [4.78, 5) is 12.3. The first kappa shape index (κ1) is 18.7. The molecule has 0 saturated heterocycles. The zero-order chi connectivity index (χ0) is 19.5. The number of amides is 1. The molecule has 0 fully saturated rings. The molecule has 0 saturated carbocycles. The van der Waals surface area contributed by atoms with Crippen molar-refractivity contribution in [3.8, 4) is 11.4 Å². The highest BCUT2D eigenvalue weighted by Gasteiger charge is 2.18. The molecule has 28 heavy (non-hydrogen) atoms. The molecule has 0 spiro atoms. The summed E-state index contributed by atoms with van der Waals surface area (Å²) in [6.07, 6.45) is 9.13. The molecule has 1 aromatic carbocycles.